The summed E-state index contributed by atoms with van der Waals surface area (Å²) < 4.78 is 34.3. The first-order valence-corrected chi connectivity index (χ1v) is 9.94. The van der Waals surface area contributed by atoms with Crippen LogP contribution in [0.25, 0.3) is 0 Å². The molecule has 144 valence electrons. The first-order valence-electron chi connectivity index (χ1n) is 8.12. The second-order valence-corrected chi connectivity index (χ2v) is 8.45. The fourth-order valence-corrected chi connectivity index (χ4v) is 5.45. The smallest absolute Gasteiger partial charge is 0.292 e. The third kappa shape index (κ3) is 3.71. The molecule has 2 fully saturated rings. The molecule has 0 bridgehead atoms. The molecule has 0 unspecified atom stereocenters. The third-order valence-electron chi connectivity index (χ3n) is 4.62. The lowest BCUT2D eigenvalue weighted by Gasteiger charge is -2.43. The van der Waals surface area contributed by atoms with Gasteiger partial charge in [-0.1, -0.05) is 5.16 Å². The molecule has 0 spiro atoms. The van der Waals surface area contributed by atoms with E-state index in [9.17, 15) is 18.0 Å². The molecule has 2 aliphatic heterocycles. The molecule has 1 N–H and O–H groups in total. The first-order chi connectivity index (χ1) is 12.3. The van der Waals surface area contributed by atoms with Gasteiger partial charge >= 0.3 is 0 Å². The number of ether oxygens (including phenoxy) is 1. The van der Waals surface area contributed by atoms with Crippen molar-refractivity contribution in [1.29, 1.82) is 0 Å². The van der Waals surface area contributed by atoms with Crippen molar-refractivity contribution in [3.8, 4) is 0 Å². The van der Waals surface area contributed by atoms with Crippen molar-refractivity contribution in [3.63, 3.8) is 0 Å². The van der Waals surface area contributed by atoms with E-state index < -0.39 is 21.8 Å². The van der Waals surface area contributed by atoms with E-state index in [2.05, 4.69) is 15.5 Å². The molecular weight excluding hydrogens is 366 g/mol. The zero-order chi connectivity index (χ0) is 18.9. The zero-order valence-electron chi connectivity index (χ0n) is 14.5. The van der Waals surface area contributed by atoms with Crippen molar-refractivity contribution >= 4 is 21.7 Å². The number of sulfone groups is 1. The summed E-state index contributed by atoms with van der Waals surface area (Å²) in [5.74, 6) is -0.646. The molecule has 2 amide bonds. The number of piperazine rings is 1. The summed E-state index contributed by atoms with van der Waals surface area (Å²) in [6.07, 6.45) is 0. The summed E-state index contributed by atoms with van der Waals surface area (Å²) in [7, 11) is -0.367. The van der Waals surface area contributed by atoms with Crippen molar-refractivity contribution < 1.29 is 27.3 Å². The fraction of sp³-hybridized carbons (Fsp3) is 0.714. The average Bonchev–Trinajstić information content (AvgIpc) is 3.18. The lowest BCUT2D eigenvalue weighted by molar-refractivity contribution is -0.141. The number of methoxy groups -OCH3 is 1. The molecule has 2 saturated heterocycles. The van der Waals surface area contributed by atoms with Gasteiger partial charge in [0.05, 0.1) is 24.1 Å². The van der Waals surface area contributed by atoms with E-state index in [1.54, 1.807) is 4.90 Å². The molecule has 1 aromatic heterocycles. The van der Waals surface area contributed by atoms with Crippen LogP contribution in [0.2, 0.25) is 0 Å². The highest BCUT2D eigenvalue weighted by Gasteiger charge is 2.48. The highest BCUT2D eigenvalue weighted by atomic mass is 32.2. The highest BCUT2D eigenvalue weighted by molar-refractivity contribution is 7.91. The molecule has 11 nitrogen and oxygen atoms in total. The van der Waals surface area contributed by atoms with Crippen LogP contribution in [-0.4, -0.2) is 97.6 Å². The Morgan fingerprint density at radius 3 is 2.73 bits per heavy atom. The molecule has 3 rings (SSSR count). The molecule has 0 radical (unpaired) electrons. The summed E-state index contributed by atoms with van der Waals surface area (Å²) in [5.41, 5.74) is 0. The van der Waals surface area contributed by atoms with Gasteiger partial charge in [0.25, 0.3) is 11.7 Å². The number of aromatic nitrogens is 2. The van der Waals surface area contributed by atoms with E-state index in [1.165, 1.54) is 14.2 Å². The Kier molecular flexibility index (Phi) is 5.25. The Labute approximate surface area is 150 Å². The van der Waals surface area contributed by atoms with Gasteiger partial charge in [0.15, 0.2) is 9.84 Å². The van der Waals surface area contributed by atoms with Crippen LogP contribution in [0.4, 0.5) is 0 Å². The van der Waals surface area contributed by atoms with E-state index in [0.717, 1.165) is 0 Å². The second kappa shape index (κ2) is 7.29. The molecule has 26 heavy (non-hydrogen) atoms. The van der Waals surface area contributed by atoms with Crippen LogP contribution in [0, 0.1) is 0 Å². The van der Waals surface area contributed by atoms with Gasteiger partial charge in [-0.2, -0.15) is 4.98 Å². The lowest BCUT2D eigenvalue weighted by Crippen LogP contribution is -2.60. The Balaban J connectivity index is 1.76. The molecule has 2 atom stereocenters. The maximum atomic E-state index is 12.2. The number of amides is 2. The number of carbonyl (C=O) groups excluding carboxylic acids is 2. The van der Waals surface area contributed by atoms with E-state index in [-0.39, 0.29) is 48.3 Å². The number of fused-ring (bicyclic) bond motifs is 1. The minimum absolute atomic E-state index is 0.0368. The van der Waals surface area contributed by atoms with Crippen molar-refractivity contribution in [1.82, 2.24) is 25.3 Å². The predicted octanol–water partition coefficient (Wildman–Crippen LogP) is -2.11. The summed E-state index contributed by atoms with van der Waals surface area (Å²) >= 11 is 0. The van der Waals surface area contributed by atoms with E-state index in [4.69, 9.17) is 9.26 Å². The van der Waals surface area contributed by atoms with E-state index >= 15 is 0 Å². The predicted molar refractivity (Wildman–Crippen MR) is 87.9 cm³/mol. The van der Waals surface area contributed by atoms with Gasteiger partial charge in [-0.25, -0.2) is 8.42 Å². The minimum atomic E-state index is -3.25. The first kappa shape index (κ1) is 18.7. The lowest BCUT2D eigenvalue weighted by atomic mass is 10.0. The number of rotatable bonds is 5. The number of hydrogen-bond acceptors (Lipinski definition) is 9. The quantitative estimate of drug-likeness (QED) is 0.602. The number of hydrogen-bond donors (Lipinski definition) is 1. The normalized spacial score (nSPS) is 25.1. The molecule has 3 heterocycles. The van der Waals surface area contributed by atoms with Crippen LogP contribution >= 0.6 is 0 Å². The van der Waals surface area contributed by atoms with Crippen LogP contribution in [0.15, 0.2) is 4.52 Å². The molecule has 12 heteroatoms. The van der Waals surface area contributed by atoms with Gasteiger partial charge in [-0.3, -0.25) is 14.5 Å². The van der Waals surface area contributed by atoms with Crippen LogP contribution < -0.4 is 5.32 Å². The monoisotopic (exact) mass is 387 g/mol. The maximum absolute atomic E-state index is 12.2. The highest BCUT2D eigenvalue weighted by Crippen LogP contribution is 2.28. The SMILES string of the molecule is CNC(=O)c1noc(CN2CCN(C(=O)COC)[C@@H]3CS(=O)(=O)C[C@@H]32)n1. The van der Waals surface area contributed by atoms with Crippen molar-refractivity contribution in [2.24, 2.45) is 0 Å². The molecule has 2 aliphatic rings. The summed E-state index contributed by atoms with van der Waals surface area (Å²) in [5, 5.41) is 6.01. The van der Waals surface area contributed by atoms with Gasteiger partial charge in [-0.15, -0.1) is 0 Å². The molecule has 0 aromatic carbocycles. The number of nitrogens with zero attached hydrogens (tertiary/aromatic N) is 4. The van der Waals surface area contributed by atoms with Crippen LogP contribution in [0.5, 0.6) is 0 Å². The number of nitrogens with one attached hydrogen (secondary N) is 1. The standard InChI is InChI=1S/C14H21N5O6S/c1-15-14(21)13-16-11(25-17-13)5-18-3-4-19(12(20)6-24-2)10-8-26(22,23)7-9(10)18/h9-10H,3-8H2,1-2H3,(H,15,21)/t9-,10+/m0/s1. The summed E-state index contributed by atoms with van der Waals surface area (Å²) in [6, 6.07) is -0.789. The third-order valence-corrected chi connectivity index (χ3v) is 6.31. The second-order valence-electron chi connectivity index (χ2n) is 6.29. The Hall–Kier alpha value is -2.05. The van der Waals surface area contributed by atoms with Gasteiger partial charge in [-0.05, 0) is 0 Å². The largest absolute Gasteiger partial charge is 0.375 e. The molecule has 1 aromatic rings. The van der Waals surface area contributed by atoms with Gasteiger partial charge in [0.2, 0.25) is 11.8 Å². The van der Waals surface area contributed by atoms with Crippen molar-refractivity contribution in [2.75, 3.05) is 45.4 Å². The van der Waals surface area contributed by atoms with Crippen LogP contribution in [0.1, 0.15) is 16.5 Å². The Morgan fingerprint density at radius 2 is 2.04 bits per heavy atom. The topological polar surface area (TPSA) is 135 Å². The van der Waals surface area contributed by atoms with Crippen molar-refractivity contribution in [2.45, 2.75) is 18.6 Å². The molecular formula is C14H21N5O6S. The van der Waals surface area contributed by atoms with E-state index in [0.29, 0.717) is 13.1 Å². The Morgan fingerprint density at radius 1 is 1.31 bits per heavy atom. The van der Waals surface area contributed by atoms with Crippen LogP contribution in [-0.2, 0) is 25.9 Å². The molecule has 0 saturated carbocycles. The summed E-state index contributed by atoms with van der Waals surface area (Å²) in [4.78, 5) is 31.3. The Bertz CT molecular complexity index is 794. The maximum Gasteiger partial charge on any atom is 0.292 e. The fourth-order valence-electron chi connectivity index (χ4n) is 3.43. The molecule has 0 aliphatic carbocycles. The summed E-state index contributed by atoms with van der Waals surface area (Å²) in [6.45, 7) is 0.981. The number of carbonyl (C=O) groups is 2. The zero-order valence-corrected chi connectivity index (χ0v) is 15.4. The van der Waals surface area contributed by atoms with Gasteiger partial charge in [0.1, 0.15) is 6.61 Å². The average molecular weight is 387 g/mol. The van der Waals surface area contributed by atoms with E-state index in [1.807, 2.05) is 4.90 Å². The van der Waals surface area contributed by atoms with Crippen LogP contribution in [0.3, 0.4) is 0 Å². The van der Waals surface area contributed by atoms with Gasteiger partial charge < -0.3 is 19.5 Å². The van der Waals surface area contributed by atoms with Crippen molar-refractivity contribution in [3.05, 3.63) is 11.7 Å². The minimum Gasteiger partial charge on any atom is -0.375 e. The van der Waals surface area contributed by atoms with Gasteiger partial charge in [0, 0.05) is 33.3 Å².